The van der Waals surface area contributed by atoms with E-state index in [1.807, 2.05) is 48.2 Å². The van der Waals surface area contributed by atoms with E-state index in [9.17, 15) is 4.79 Å². The number of ether oxygens (including phenoxy) is 1. The summed E-state index contributed by atoms with van der Waals surface area (Å²) in [5.74, 6) is 1.85. The standard InChI is InChI=1S/C33H48N2O2S/c1-3-4-5-6-7-8-9-10-11-12-13-14-22-37-32-17-15-16-30(23-32)24-33(36)34-31-20-18-29(19-21-31)26-35-25-28(2)38-27-35/h15-21,23,25H,3-14,22,24,26-27H2,1-2H3,(H,34,36). The smallest absolute Gasteiger partial charge is 0.228 e. The number of amides is 1. The number of benzene rings is 2. The lowest BCUT2D eigenvalue weighted by Crippen LogP contribution is -2.15. The Hall–Kier alpha value is -2.40. The van der Waals surface area contributed by atoms with Crippen molar-refractivity contribution in [3.63, 3.8) is 0 Å². The molecule has 1 aliphatic heterocycles. The van der Waals surface area contributed by atoms with E-state index in [4.69, 9.17) is 4.74 Å². The fourth-order valence-electron chi connectivity index (χ4n) is 4.80. The van der Waals surface area contributed by atoms with Gasteiger partial charge in [0.25, 0.3) is 0 Å². The van der Waals surface area contributed by atoms with Crippen LogP contribution in [0.1, 0.15) is 102 Å². The fourth-order valence-corrected chi connectivity index (χ4v) is 5.56. The monoisotopic (exact) mass is 536 g/mol. The van der Waals surface area contributed by atoms with Gasteiger partial charge < -0.3 is 15.0 Å². The third-order valence-electron chi connectivity index (χ3n) is 6.98. The number of carbonyl (C=O) groups is 1. The highest BCUT2D eigenvalue weighted by Crippen LogP contribution is 2.26. The van der Waals surface area contributed by atoms with E-state index in [1.54, 1.807) is 0 Å². The predicted molar refractivity (Wildman–Crippen MR) is 164 cm³/mol. The van der Waals surface area contributed by atoms with Crippen LogP contribution in [0.15, 0.2) is 59.6 Å². The summed E-state index contributed by atoms with van der Waals surface area (Å²) < 4.78 is 5.97. The van der Waals surface area contributed by atoms with E-state index >= 15 is 0 Å². The van der Waals surface area contributed by atoms with Gasteiger partial charge in [0.1, 0.15) is 5.75 Å². The number of hydrogen-bond acceptors (Lipinski definition) is 4. The van der Waals surface area contributed by atoms with Gasteiger partial charge in [-0.05, 0) is 53.6 Å². The van der Waals surface area contributed by atoms with Crippen LogP contribution in [-0.2, 0) is 17.8 Å². The lowest BCUT2D eigenvalue weighted by Gasteiger charge is -2.14. The van der Waals surface area contributed by atoms with Gasteiger partial charge in [0.15, 0.2) is 0 Å². The summed E-state index contributed by atoms with van der Waals surface area (Å²) in [5, 5.41) is 3.02. The molecule has 4 nitrogen and oxygen atoms in total. The van der Waals surface area contributed by atoms with Crippen molar-refractivity contribution in [1.29, 1.82) is 0 Å². The highest BCUT2D eigenvalue weighted by atomic mass is 32.2. The number of thioether (sulfide) groups is 1. The Balaban J connectivity index is 1.26. The summed E-state index contributed by atoms with van der Waals surface area (Å²) in [6.45, 7) is 6.05. The first-order chi connectivity index (χ1) is 18.6. The van der Waals surface area contributed by atoms with Gasteiger partial charge >= 0.3 is 0 Å². The molecule has 0 bridgehead atoms. The maximum Gasteiger partial charge on any atom is 0.228 e. The second kappa shape index (κ2) is 18.0. The molecule has 0 aromatic heterocycles. The summed E-state index contributed by atoms with van der Waals surface area (Å²) in [4.78, 5) is 16.3. The molecule has 1 aliphatic rings. The van der Waals surface area contributed by atoms with Gasteiger partial charge in [-0.15, -0.1) is 11.8 Å². The number of unbranched alkanes of at least 4 members (excludes halogenated alkanes) is 11. The molecule has 1 heterocycles. The molecule has 2 aromatic rings. The van der Waals surface area contributed by atoms with Crippen molar-refractivity contribution in [2.75, 3.05) is 17.8 Å². The van der Waals surface area contributed by atoms with Gasteiger partial charge in [-0.1, -0.05) is 102 Å². The molecule has 2 aromatic carbocycles. The minimum absolute atomic E-state index is 0.00893. The van der Waals surface area contributed by atoms with Crippen molar-refractivity contribution >= 4 is 23.4 Å². The van der Waals surface area contributed by atoms with Crippen molar-refractivity contribution in [2.45, 2.75) is 104 Å². The predicted octanol–water partition coefficient (Wildman–Crippen LogP) is 9.32. The van der Waals surface area contributed by atoms with E-state index in [1.165, 1.54) is 81.1 Å². The van der Waals surface area contributed by atoms with E-state index < -0.39 is 0 Å². The zero-order valence-corrected chi connectivity index (χ0v) is 24.5. The lowest BCUT2D eigenvalue weighted by molar-refractivity contribution is -0.115. The first kappa shape index (κ1) is 30.1. The summed E-state index contributed by atoms with van der Waals surface area (Å²) in [6.07, 6.45) is 18.7. The Morgan fingerprint density at radius 3 is 2.16 bits per heavy atom. The molecule has 3 rings (SSSR count). The Labute approximate surface area is 235 Å². The molecule has 0 saturated heterocycles. The number of hydrogen-bond donors (Lipinski definition) is 1. The van der Waals surface area contributed by atoms with Crippen molar-refractivity contribution in [3.8, 4) is 5.75 Å². The van der Waals surface area contributed by atoms with Gasteiger partial charge in [-0.25, -0.2) is 0 Å². The Morgan fingerprint density at radius 1 is 0.868 bits per heavy atom. The molecule has 5 heteroatoms. The molecular weight excluding hydrogens is 488 g/mol. The Bertz CT molecular complexity index is 973. The van der Waals surface area contributed by atoms with Crippen LogP contribution in [0.25, 0.3) is 0 Å². The number of nitrogens with zero attached hydrogens (tertiary/aromatic N) is 1. The van der Waals surface area contributed by atoms with Gasteiger partial charge in [-0.2, -0.15) is 0 Å². The molecule has 0 aliphatic carbocycles. The molecular formula is C33H48N2O2S. The fraction of sp³-hybridized carbons (Fsp3) is 0.545. The molecule has 0 unspecified atom stereocenters. The van der Waals surface area contributed by atoms with E-state index in [2.05, 4.69) is 42.4 Å². The van der Waals surface area contributed by atoms with Crippen LogP contribution >= 0.6 is 11.8 Å². The molecule has 38 heavy (non-hydrogen) atoms. The summed E-state index contributed by atoms with van der Waals surface area (Å²) in [5.41, 5.74) is 3.05. The van der Waals surface area contributed by atoms with E-state index in [-0.39, 0.29) is 5.91 Å². The van der Waals surface area contributed by atoms with Crippen LogP contribution in [-0.4, -0.2) is 23.3 Å². The zero-order chi connectivity index (χ0) is 26.8. The third-order valence-corrected chi connectivity index (χ3v) is 8.00. The molecule has 208 valence electrons. The summed E-state index contributed by atoms with van der Waals surface area (Å²) in [6, 6.07) is 16.1. The molecule has 0 fully saturated rings. The second-order valence-corrected chi connectivity index (χ2v) is 11.8. The first-order valence-electron chi connectivity index (χ1n) is 14.8. The second-order valence-electron chi connectivity index (χ2n) is 10.6. The Morgan fingerprint density at radius 2 is 1.53 bits per heavy atom. The van der Waals surface area contributed by atoms with Crippen LogP contribution in [0.4, 0.5) is 5.69 Å². The molecule has 1 amide bonds. The van der Waals surface area contributed by atoms with Gasteiger partial charge in [-0.3, -0.25) is 4.79 Å². The lowest BCUT2D eigenvalue weighted by atomic mass is 10.1. The summed E-state index contributed by atoms with van der Waals surface area (Å²) in [7, 11) is 0. The largest absolute Gasteiger partial charge is 0.494 e. The van der Waals surface area contributed by atoms with Crippen molar-refractivity contribution in [1.82, 2.24) is 4.90 Å². The Kier molecular flexibility index (Phi) is 14.3. The van der Waals surface area contributed by atoms with Gasteiger partial charge in [0.2, 0.25) is 5.91 Å². The number of carbonyl (C=O) groups excluding carboxylic acids is 1. The minimum atomic E-state index is -0.00893. The van der Waals surface area contributed by atoms with Crippen LogP contribution in [0.5, 0.6) is 5.75 Å². The average molecular weight is 537 g/mol. The molecule has 0 radical (unpaired) electrons. The number of anilines is 1. The first-order valence-corrected chi connectivity index (χ1v) is 15.8. The molecule has 0 spiro atoms. The minimum Gasteiger partial charge on any atom is -0.494 e. The number of nitrogens with one attached hydrogen (secondary N) is 1. The summed E-state index contributed by atoms with van der Waals surface area (Å²) >= 11 is 1.87. The van der Waals surface area contributed by atoms with Crippen LogP contribution < -0.4 is 10.1 Å². The van der Waals surface area contributed by atoms with Crippen LogP contribution in [0.3, 0.4) is 0 Å². The highest BCUT2D eigenvalue weighted by Gasteiger charge is 2.10. The molecule has 0 atom stereocenters. The van der Waals surface area contributed by atoms with Crippen molar-refractivity contribution in [3.05, 3.63) is 70.8 Å². The molecule has 0 saturated carbocycles. The number of rotatable bonds is 19. The maximum atomic E-state index is 12.6. The van der Waals surface area contributed by atoms with Crippen molar-refractivity contribution in [2.24, 2.45) is 0 Å². The maximum absolute atomic E-state index is 12.6. The molecule has 1 N–H and O–H groups in total. The van der Waals surface area contributed by atoms with E-state index in [0.717, 1.165) is 42.4 Å². The third kappa shape index (κ3) is 12.4. The average Bonchev–Trinajstić information content (AvgIpc) is 3.32. The van der Waals surface area contributed by atoms with Gasteiger partial charge in [0.05, 0.1) is 18.9 Å². The van der Waals surface area contributed by atoms with E-state index in [0.29, 0.717) is 6.42 Å². The van der Waals surface area contributed by atoms with Crippen molar-refractivity contribution < 1.29 is 9.53 Å². The van der Waals surface area contributed by atoms with Crippen LogP contribution in [0, 0.1) is 0 Å². The normalized spacial score (nSPS) is 13.0. The SMILES string of the molecule is CCCCCCCCCCCCCCOc1cccc(CC(=O)Nc2ccc(CN3C=C(C)SC3)cc2)c1. The van der Waals surface area contributed by atoms with Gasteiger partial charge in [0, 0.05) is 18.4 Å². The topological polar surface area (TPSA) is 41.6 Å². The zero-order valence-electron chi connectivity index (χ0n) is 23.7. The van der Waals surface area contributed by atoms with Crippen LogP contribution in [0.2, 0.25) is 0 Å². The highest BCUT2D eigenvalue weighted by molar-refractivity contribution is 8.03. The quantitative estimate of drug-likeness (QED) is 0.182. The number of allylic oxidation sites excluding steroid dienone is 1.